The van der Waals surface area contributed by atoms with Crippen LogP contribution in [0.2, 0.25) is 0 Å². The molecule has 2 saturated heterocycles. The van der Waals surface area contributed by atoms with Crippen LogP contribution in [-0.4, -0.2) is 17.8 Å². The highest BCUT2D eigenvalue weighted by Gasteiger charge is 2.60. The zero-order valence-corrected chi connectivity index (χ0v) is 9.14. The molecule has 0 saturated carbocycles. The maximum absolute atomic E-state index is 5.97. The average molecular weight is 204 g/mol. The highest BCUT2D eigenvalue weighted by atomic mass is 16.6. The Hall–Kier alpha value is -0.860. The van der Waals surface area contributed by atoms with E-state index in [4.69, 9.17) is 9.47 Å². The van der Waals surface area contributed by atoms with Gasteiger partial charge >= 0.3 is 0 Å². The Morgan fingerprint density at radius 3 is 2.67 bits per heavy atom. The van der Waals surface area contributed by atoms with Crippen LogP contribution < -0.4 is 0 Å². The Morgan fingerprint density at radius 2 is 2.00 bits per heavy atom. The largest absolute Gasteiger partial charge is 0.368 e. The van der Waals surface area contributed by atoms with Crippen LogP contribution in [0.25, 0.3) is 0 Å². The molecule has 2 nitrogen and oxygen atoms in total. The van der Waals surface area contributed by atoms with Crippen LogP contribution in [0.5, 0.6) is 0 Å². The van der Waals surface area contributed by atoms with Crippen LogP contribution in [0.3, 0.4) is 0 Å². The van der Waals surface area contributed by atoms with Gasteiger partial charge in [0.05, 0.1) is 17.8 Å². The molecule has 0 aliphatic carbocycles. The topological polar surface area (TPSA) is 21.8 Å². The fraction of sp³-hybridized carbons (Fsp3) is 0.538. The molecule has 2 aliphatic rings. The molecule has 0 N–H and O–H groups in total. The average Bonchev–Trinajstić information content (AvgIpc) is 2.92. The molecule has 0 bridgehead atoms. The van der Waals surface area contributed by atoms with Gasteiger partial charge in [-0.05, 0) is 19.4 Å². The van der Waals surface area contributed by atoms with Gasteiger partial charge in [-0.3, -0.25) is 0 Å². The molecule has 1 aromatic carbocycles. The van der Waals surface area contributed by atoms with Crippen molar-refractivity contribution in [3.8, 4) is 0 Å². The van der Waals surface area contributed by atoms with E-state index in [2.05, 4.69) is 38.1 Å². The zero-order chi connectivity index (χ0) is 10.5. The molecule has 2 heterocycles. The normalized spacial score (nSPS) is 43.5. The Bertz CT molecular complexity index is 362. The lowest BCUT2D eigenvalue weighted by atomic mass is 9.90. The van der Waals surface area contributed by atoms with E-state index < -0.39 is 0 Å². The molecule has 15 heavy (non-hydrogen) atoms. The summed E-state index contributed by atoms with van der Waals surface area (Å²) in [7, 11) is 0. The molecule has 0 spiro atoms. The van der Waals surface area contributed by atoms with Crippen molar-refractivity contribution in [1.82, 2.24) is 0 Å². The molecule has 1 aromatic rings. The van der Waals surface area contributed by atoms with Gasteiger partial charge in [-0.15, -0.1) is 0 Å². The van der Waals surface area contributed by atoms with Gasteiger partial charge in [0.2, 0.25) is 0 Å². The fourth-order valence-electron chi connectivity index (χ4n) is 2.62. The molecule has 0 radical (unpaired) electrons. The lowest BCUT2D eigenvalue weighted by molar-refractivity contribution is -0.0372. The van der Waals surface area contributed by atoms with Gasteiger partial charge in [0.1, 0.15) is 6.10 Å². The van der Waals surface area contributed by atoms with Crippen molar-refractivity contribution in [1.29, 1.82) is 0 Å². The van der Waals surface area contributed by atoms with Crippen LogP contribution in [0.1, 0.15) is 31.9 Å². The molecular formula is C13H16O2. The van der Waals surface area contributed by atoms with Crippen LogP contribution in [-0.2, 0) is 9.47 Å². The highest BCUT2D eigenvalue weighted by molar-refractivity contribution is 5.21. The third-order valence-electron chi connectivity index (χ3n) is 3.51. The summed E-state index contributed by atoms with van der Waals surface area (Å²) in [4.78, 5) is 0. The first-order valence-corrected chi connectivity index (χ1v) is 5.57. The third-order valence-corrected chi connectivity index (χ3v) is 3.51. The molecule has 2 aliphatic heterocycles. The van der Waals surface area contributed by atoms with Gasteiger partial charge in [-0.25, -0.2) is 0 Å². The van der Waals surface area contributed by atoms with Gasteiger partial charge in [0.15, 0.2) is 0 Å². The quantitative estimate of drug-likeness (QED) is 0.656. The van der Waals surface area contributed by atoms with Crippen molar-refractivity contribution in [2.75, 3.05) is 0 Å². The van der Waals surface area contributed by atoms with E-state index >= 15 is 0 Å². The van der Waals surface area contributed by atoms with Crippen molar-refractivity contribution in [3.05, 3.63) is 35.9 Å². The monoisotopic (exact) mass is 204 g/mol. The Balaban J connectivity index is 1.83. The Kier molecular flexibility index (Phi) is 1.91. The van der Waals surface area contributed by atoms with Crippen molar-refractivity contribution in [3.63, 3.8) is 0 Å². The summed E-state index contributed by atoms with van der Waals surface area (Å²) in [5.41, 5.74) is 1.33. The minimum Gasteiger partial charge on any atom is -0.368 e. The van der Waals surface area contributed by atoms with Crippen LogP contribution >= 0.6 is 0 Å². The van der Waals surface area contributed by atoms with E-state index in [1.165, 1.54) is 5.56 Å². The van der Waals surface area contributed by atoms with E-state index in [0.717, 1.165) is 6.42 Å². The van der Waals surface area contributed by atoms with Gasteiger partial charge in [0, 0.05) is 6.42 Å². The summed E-state index contributed by atoms with van der Waals surface area (Å²) < 4.78 is 11.7. The molecule has 3 rings (SSSR count). The fourth-order valence-corrected chi connectivity index (χ4v) is 2.62. The second kappa shape index (κ2) is 3.06. The van der Waals surface area contributed by atoms with E-state index in [9.17, 15) is 0 Å². The maximum atomic E-state index is 5.97. The summed E-state index contributed by atoms with van der Waals surface area (Å²) in [5.74, 6) is 0. The summed E-state index contributed by atoms with van der Waals surface area (Å²) in [6, 6.07) is 10.4. The minimum atomic E-state index is 0.0676. The smallest absolute Gasteiger partial charge is 0.113 e. The van der Waals surface area contributed by atoms with Crippen molar-refractivity contribution in [2.24, 2.45) is 0 Å². The number of fused-ring (bicyclic) bond motifs is 1. The predicted molar refractivity (Wildman–Crippen MR) is 57.6 cm³/mol. The predicted octanol–water partition coefficient (Wildman–Crippen LogP) is 2.69. The van der Waals surface area contributed by atoms with E-state index in [1.54, 1.807) is 0 Å². The number of rotatable bonds is 1. The molecule has 80 valence electrons. The molecule has 0 aromatic heterocycles. The lowest BCUT2D eigenvalue weighted by Crippen LogP contribution is -2.32. The lowest BCUT2D eigenvalue weighted by Gasteiger charge is -2.28. The molecule has 2 heteroatoms. The summed E-state index contributed by atoms with van der Waals surface area (Å²) in [5, 5.41) is 0. The summed E-state index contributed by atoms with van der Waals surface area (Å²) >= 11 is 0. The summed E-state index contributed by atoms with van der Waals surface area (Å²) in [6.45, 7) is 4.29. The first-order chi connectivity index (χ1) is 7.19. The van der Waals surface area contributed by atoms with Crippen LogP contribution in [0.15, 0.2) is 30.3 Å². The molecule has 0 unspecified atom stereocenters. The molecule has 2 fully saturated rings. The Morgan fingerprint density at radius 1 is 1.27 bits per heavy atom. The molecule has 0 amide bonds. The van der Waals surface area contributed by atoms with Crippen molar-refractivity contribution >= 4 is 0 Å². The van der Waals surface area contributed by atoms with E-state index in [1.807, 2.05) is 6.07 Å². The number of ether oxygens (including phenoxy) is 2. The second-order valence-electron chi connectivity index (χ2n) is 4.80. The third kappa shape index (κ3) is 1.48. The van der Waals surface area contributed by atoms with Gasteiger partial charge in [0.25, 0.3) is 0 Å². The van der Waals surface area contributed by atoms with Crippen LogP contribution in [0, 0.1) is 0 Å². The molecular weight excluding hydrogens is 188 g/mol. The number of epoxide rings is 1. The number of hydrogen-bond acceptors (Lipinski definition) is 2. The van der Waals surface area contributed by atoms with Crippen molar-refractivity contribution < 1.29 is 9.47 Å². The molecule has 4 atom stereocenters. The zero-order valence-electron chi connectivity index (χ0n) is 9.14. The minimum absolute atomic E-state index is 0.0676. The number of hydrogen-bond donors (Lipinski definition) is 0. The highest BCUT2D eigenvalue weighted by Crippen LogP contribution is 2.51. The second-order valence-corrected chi connectivity index (χ2v) is 4.80. The van der Waals surface area contributed by atoms with Gasteiger partial charge in [-0.2, -0.15) is 0 Å². The van der Waals surface area contributed by atoms with E-state index in [0.29, 0.717) is 6.10 Å². The maximum Gasteiger partial charge on any atom is 0.113 e. The number of benzene rings is 1. The first kappa shape index (κ1) is 9.37. The van der Waals surface area contributed by atoms with E-state index in [-0.39, 0.29) is 17.8 Å². The van der Waals surface area contributed by atoms with Crippen molar-refractivity contribution in [2.45, 2.75) is 44.2 Å². The standard InChI is InChI=1S/C13H16O2/c1-9-12-13(2,15-12)8-11(14-9)10-6-4-3-5-7-10/h3-7,9,11-12H,8H2,1-2H3/t9-,11+,12-,13+/m0/s1. The van der Waals surface area contributed by atoms with Gasteiger partial charge < -0.3 is 9.47 Å². The van der Waals surface area contributed by atoms with Gasteiger partial charge in [-0.1, -0.05) is 30.3 Å². The summed E-state index contributed by atoms with van der Waals surface area (Å²) in [6.07, 6.45) is 1.71. The SMILES string of the molecule is C[C@@H]1O[C@@H](c2ccccc2)C[C@@]2(C)O[C@@H]12. The first-order valence-electron chi connectivity index (χ1n) is 5.57. The van der Waals surface area contributed by atoms with Crippen LogP contribution in [0.4, 0.5) is 0 Å². The Labute approximate surface area is 90.2 Å².